The first-order chi connectivity index (χ1) is 8.47. The number of halogens is 2. The molecular weight excluding hydrogens is 234 g/mol. The van der Waals surface area contributed by atoms with Crippen LogP contribution in [0.2, 0.25) is 0 Å². The second-order valence-electron chi connectivity index (χ2n) is 4.76. The van der Waals surface area contributed by atoms with Crippen LogP contribution in [0.3, 0.4) is 0 Å². The lowest BCUT2D eigenvalue weighted by Crippen LogP contribution is -2.00. The van der Waals surface area contributed by atoms with Crippen LogP contribution >= 0.6 is 0 Å². The molecule has 0 aliphatic heterocycles. The summed E-state index contributed by atoms with van der Waals surface area (Å²) in [5.41, 5.74) is 0.899. The van der Waals surface area contributed by atoms with Crippen molar-refractivity contribution < 1.29 is 13.9 Å². The van der Waals surface area contributed by atoms with Crippen molar-refractivity contribution in [2.24, 2.45) is 0 Å². The molecule has 2 aromatic rings. The minimum Gasteiger partial charge on any atom is -0.505 e. The van der Waals surface area contributed by atoms with Crippen molar-refractivity contribution in [1.29, 1.82) is 0 Å². The van der Waals surface area contributed by atoms with Crippen molar-refractivity contribution in [3.63, 3.8) is 0 Å². The molecule has 0 saturated heterocycles. The molecule has 0 saturated carbocycles. The fourth-order valence-corrected chi connectivity index (χ4v) is 2.43. The first-order valence-electron chi connectivity index (χ1n) is 6.09. The van der Waals surface area contributed by atoms with E-state index in [-0.39, 0.29) is 17.5 Å². The van der Waals surface area contributed by atoms with E-state index in [1.807, 2.05) is 20.8 Å². The van der Waals surface area contributed by atoms with Crippen LogP contribution in [0.15, 0.2) is 18.2 Å². The molecular formula is C15H16F2O. The predicted octanol–water partition coefficient (Wildman–Crippen LogP) is 4.51. The van der Waals surface area contributed by atoms with Gasteiger partial charge in [-0.3, -0.25) is 0 Å². The Morgan fingerprint density at radius 1 is 1.22 bits per heavy atom. The highest BCUT2D eigenvalue weighted by Crippen LogP contribution is 2.36. The van der Waals surface area contributed by atoms with Gasteiger partial charge in [0.15, 0.2) is 11.6 Å². The zero-order chi connectivity index (χ0) is 13.4. The molecule has 3 heteroatoms. The van der Waals surface area contributed by atoms with Gasteiger partial charge >= 0.3 is 0 Å². The number of fused-ring (bicyclic) bond motifs is 1. The van der Waals surface area contributed by atoms with Crippen molar-refractivity contribution in [1.82, 2.24) is 0 Å². The molecule has 0 amide bonds. The lowest BCUT2D eigenvalue weighted by Gasteiger charge is -2.16. The normalized spacial score (nSPS) is 11.4. The van der Waals surface area contributed by atoms with Crippen LogP contribution < -0.4 is 0 Å². The molecule has 0 aliphatic rings. The van der Waals surface area contributed by atoms with Gasteiger partial charge in [-0.05, 0) is 40.8 Å². The molecule has 0 aliphatic carbocycles. The fraction of sp³-hybridized carbons (Fsp3) is 0.333. The van der Waals surface area contributed by atoms with Gasteiger partial charge in [0.2, 0.25) is 0 Å². The van der Waals surface area contributed by atoms with Crippen LogP contribution in [0.1, 0.15) is 37.8 Å². The van der Waals surface area contributed by atoms with Gasteiger partial charge in [0.1, 0.15) is 5.82 Å². The van der Waals surface area contributed by atoms with Gasteiger partial charge in [-0.1, -0.05) is 26.8 Å². The summed E-state index contributed by atoms with van der Waals surface area (Å²) in [6.07, 6.45) is 0.493. The Labute approximate surface area is 105 Å². The van der Waals surface area contributed by atoms with E-state index in [1.54, 1.807) is 6.07 Å². The quantitative estimate of drug-likeness (QED) is 0.831. The third-order valence-corrected chi connectivity index (χ3v) is 3.24. The predicted molar refractivity (Wildman–Crippen MR) is 69.0 cm³/mol. The van der Waals surface area contributed by atoms with Crippen LogP contribution in [0.5, 0.6) is 5.75 Å². The Morgan fingerprint density at radius 2 is 1.89 bits per heavy atom. The lowest BCUT2D eigenvalue weighted by molar-refractivity contribution is 0.428. The molecule has 1 N–H and O–H groups in total. The number of hydrogen-bond acceptors (Lipinski definition) is 1. The van der Waals surface area contributed by atoms with E-state index in [4.69, 9.17) is 0 Å². The highest BCUT2D eigenvalue weighted by atomic mass is 19.1. The van der Waals surface area contributed by atoms with E-state index in [0.29, 0.717) is 28.3 Å². The first-order valence-corrected chi connectivity index (χ1v) is 6.09. The zero-order valence-electron chi connectivity index (χ0n) is 10.7. The van der Waals surface area contributed by atoms with Gasteiger partial charge in [0.25, 0.3) is 0 Å². The standard InChI is InChI=1S/C15H16F2O/c1-4-10-11(16)6-5-9-7-12(18)15(17)13(8(2)3)14(9)10/h5-8,18H,4H2,1-3H3. The van der Waals surface area contributed by atoms with Gasteiger partial charge in [-0.2, -0.15) is 0 Å². The Hall–Kier alpha value is -1.64. The molecule has 18 heavy (non-hydrogen) atoms. The van der Waals surface area contributed by atoms with Crippen molar-refractivity contribution >= 4 is 10.8 Å². The second-order valence-corrected chi connectivity index (χ2v) is 4.76. The maximum atomic E-state index is 14.1. The van der Waals surface area contributed by atoms with Crippen molar-refractivity contribution in [2.45, 2.75) is 33.1 Å². The van der Waals surface area contributed by atoms with E-state index < -0.39 is 5.82 Å². The smallest absolute Gasteiger partial charge is 0.168 e. The number of phenolic OH excluding ortho intramolecular Hbond substituents is 1. The molecule has 2 rings (SSSR count). The van der Waals surface area contributed by atoms with Gasteiger partial charge in [0.05, 0.1) is 0 Å². The van der Waals surface area contributed by atoms with Crippen LogP contribution in [-0.4, -0.2) is 5.11 Å². The summed E-state index contributed by atoms with van der Waals surface area (Å²) in [6, 6.07) is 4.30. The monoisotopic (exact) mass is 250 g/mol. The molecule has 0 bridgehead atoms. The molecule has 0 spiro atoms. The Balaban J connectivity index is 3.00. The second kappa shape index (κ2) is 4.56. The molecule has 0 fully saturated rings. The highest BCUT2D eigenvalue weighted by Gasteiger charge is 2.19. The Morgan fingerprint density at radius 3 is 2.44 bits per heavy atom. The largest absolute Gasteiger partial charge is 0.505 e. The summed E-state index contributed by atoms with van der Waals surface area (Å²) in [5.74, 6) is -1.46. The summed E-state index contributed by atoms with van der Waals surface area (Å²) in [7, 11) is 0. The van der Waals surface area contributed by atoms with Crippen molar-refractivity contribution in [3.8, 4) is 5.75 Å². The highest BCUT2D eigenvalue weighted by molar-refractivity contribution is 5.91. The number of aromatic hydroxyl groups is 1. The minimum atomic E-state index is -0.641. The first kappa shape index (κ1) is 12.8. The molecule has 0 unspecified atom stereocenters. The van der Waals surface area contributed by atoms with Gasteiger partial charge in [-0.15, -0.1) is 0 Å². The van der Waals surface area contributed by atoms with Crippen LogP contribution in [0.4, 0.5) is 8.78 Å². The van der Waals surface area contributed by atoms with Gasteiger partial charge in [-0.25, -0.2) is 8.78 Å². The van der Waals surface area contributed by atoms with Crippen molar-refractivity contribution in [2.75, 3.05) is 0 Å². The van der Waals surface area contributed by atoms with E-state index in [2.05, 4.69) is 0 Å². The molecule has 0 radical (unpaired) electrons. The third-order valence-electron chi connectivity index (χ3n) is 3.24. The van der Waals surface area contributed by atoms with Crippen LogP contribution in [0, 0.1) is 11.6 Å². The average molecular weight is 250 g/mol. The number of phenols is 1. The summed E-state index contributed by atoms with van der Waals surface area (Å²) in [6.45, 7) is 5.51. The van der Waals surface area contributed by atoms with E-state index in [0.717, 1.165) is 0 Å². The summed E-state index contributed by atoms with van der Waals surface area (Å²) in [4.78, 5) is 0. The van der Waals surface area contributed by atoms with Gasteiger partial charge in [0, 0.05) is 5.56 Å². The summed E-state index contributed by atoms with van der Waals surface area (Å²) < 4.78 is 27.9. The fourth-order valence-electron chi connectivity index (χ4n) is 2.43. The maximum absolute atomic E-state index is 14.1. The molecule has 1 nitrogen and oxygen atoms in total. The lowest BCUT2D eigenvalue weighted by atomic mass is 9.90. The Bertz CT molecular complexity index is 603. The Kier molecular flexibility index (Phi) is 3.24. The SMILES string of the molecule is CCc1c(F)ccc2cc(O)c(F)c(C(C)C)c12. The topological polar surface area (TPSA) is 20.2 Å². The van der Waals surface area contributed by atoms with Crippen molar-refractivity contribution in [3.05, 3.63) is 41.0 Å². The maximum Gasteiger partial charge on any atom is 0.168 e. The summed E-state index contributed by atoms with van der Waals surface area (Å²) in [5, 5.41) is 10.9. The minimum absolute atomic E-state index is 0.119. The van der Waals surface area contributed by atoms with E-state index in [9.17, 15) is 13.9 Å². The molecule has 0 aromatic heterocycles. The number of hydrogen-bond donors (Lipinski definition) is 1. The number of aryl methyl sites for hydroxylation is 1. The summed E-state index contributed by atoms with van der Waals surface area (Å²) >= 11 is 0. The number of benzene rings is 2. The average Bonchev–Trinajstić information content (AvgIpc) is 2.31. The molecule has 0 atom stereocenters. The van der Waals surface area contributed by atoms with E-state index in [1.165, 1.54) is 12.1 Å². The molecule has 2 aromatic carbocycles. The van der Waals surface area contributed by atoms with Crippen LogP contribution in [0.25, 0.3) is 10.8 Å². The number of rotatable bonds is 2. The van der Waals surface area contributed by atoms with Gasteiger partial charge < -0.3 is 5.11 Å². The third kappa shape index (κ3) is 1.84. The zero-order valence-corrected chi connectivity index (χ0v) is 10.7. The molecule has 0 heterocycles. The van der Waals surface area contributed by atoms with E-state index >= 15 is 0 Å². The molecule has 96 valence electrons. The van der Waals surface area contributed by atoms with Crippen LogP contribution in [-0.2, 0) is 6.42 Å².